The third kappa shape index (κ3) is 7.21. The molecule has 0 saturated carbocycles. The molecule has 18 heavy (non-hydrogen) atoms. The van der Waals surface area contributed by atoms with Crippen LogP contribution in [-0.2, 0) is 4.79 Å². The molecule has 0 radical (unpaired) electrons. The molecule has 0 atom stereocenters. The van der Waals surface area contributed by atoms with Crippen LogP contribution in [0.4, 0.5) is 12.9 Å². The van der Waals surface area contributed by atoms with Crippen LogP contribution in [0.3, 0.4) is 0 Å². The standard InChI is InChI=1S/C10H10O4.BF3/c1-14-9-6-7(2-4-8(9)11)3-5-10(12)13;2-1(3)4/h2-6,11H,1H3,(H,12,13);/b5-3+;. The molecule has 4 nitrogen and oxygen atoms in total. The Morgan fingerprint density at radius 3 is 2.39 bits per heavy atom. The summed E-state index contributed by atoms with van der Waals surface area (Å²) in [5.41, 5.74) is 0.655. The van der Waals surface area contributed by atoms with E-state index in [-0.39, 0.29) is 5.75 Å². The summed E-state index contributed by atoms with van der Waals surface area (Å²) in [6.45, 7) is 0. The third-order valence-electron chi connectivity index (χ3n) is 1.62. The zero-order valence-electron chi connectivity index (χ0n) is 9.31. The van der Waals surface area contributed by atoms with Crippen LogP contribution >= 0.6 is 0 Å². The first-order valence-electron chi connectivity index (χ1n) is 4.57. The van der Waals surface area contributed by atoms with E-state index in [1.165, 1.54) is 19.3 Å². The van der Waals surface area contributed by atoms with Gasteiger partial charge in [0.05, 0.1) is 7.11 Å². The summed E-state index contributed by atoms with van der Waals surface area (Å²) in [5, 5.41) is 17.6. The minimum atomic E-state index is -3.67. The molecular formula is C10H10BF3O4. The molecule has 0 amide bonds. The van der Waals surface area contributed by atoms with E-state index in [9.17, 15) is 22.8 Å². The van der Waals surface area contributed by atoms with E-state index in [0.29, 0.717) is 11.3 Å². The maximum Gasteiger partial charge on any atom is 0.762 e. The number of methoxy groups -OCH3 is 1. The summed E-state index contributed by atoms with van der Waals surface area (Å²) in [4.78, 5) is 10.2. The lowest BCUT2D eigenvalue weighted by Gasteiger charge is -2.03. The van der Waals surface area contributed by atoms with Gasteiger partial charge in [-0.3, -0.25) is 12.9 Å². The van der Waals surface area contributed by atoms with Gasteiger partial charge < -0.3 is 14.9 Å². The highest BCUT2D eigenvalue weighted by Gasteiger charge is 2.06. The second kappa shape index (κ2) is 8.05. The van der Waals surface area contributed by atoms with E-state index in [1.54, 1.807) is 12.1 Å². The predicted octanol–water partition coefficient (Wildman–Crippen LogP) is 2.38. The average Bonchev–Trinajstić information content (AvgIpc) is 2.27. The number of phenolic OH excluding ortho intramolecular Hbond substituents is 1. The molecule has 0 heterocycles. The molecule has 1 rings (SSSR count). The average molecular weight is 262 g/mol. The Hall–Kier alpha value is -2.12. The number of benzene rings is 1. The monoisotopic (exact) mass is 262 g/mol. The highest BCUT2D eigenvalue weighted by atomic mass is 19.4. The van der Waals surface area contributed by atoms with Crippen LogP contribution in [0.25, 0.3) is 6.08 Å². The van der Waals surface area contributed by atoms with Crippen molar-refractivity contribution in [2.24, 2.45) is 0 Å². The lowest BCUT2D eigenvalue weighted by atomic mass is 10.2. The fourth-order valence-corrected chi connectivity index (χ4v) is 0.965. The molecule has 0 fully saturated rings. The quantitative estimate of drug-likeness (QED) is 0.648. The van der Waals surface area contributed by atoms with Crippen molar-refractivity contribution in [2.75, 3.05) is 7.11 Å². The number of carbonyl (C=O) groups is 1. The van der Waals surface area contributed by atoms with Crippen molar-refractivity contribution in [2.45, 2.75) is 0 Å². The van der Waals surface area contributed by atoms with Gasteiger partial charge >= 0.3 is 13.5 Å². The maximum absolute atomic E-state index is 10.2. The van der Waals surface area contributed by atoms with Crippen molar-refractivity contribution in [3.8, 4) is 11.5 Å². The molecule has 1 aromatic carbocycles. The number of aliphatic carboxylic acids is 1. The summed E-state index contributed by atoms with van der Waals surface area (Å²) in [5.74, 6) is -0.672. The van der Waals surface area contributed by atoms with Crippen molar-refractivity contribution < 1.29 is 32.7 Å². The van der Waals surface area contributed by atoms with E-state index < -0.39 is 13.5 Å². The highest BCUT2D eigenvalue weighted by molar-refractivity contribution is 6.33. The Morgan fingerprint density at radius 2 is 1.94 bits per heavy atom. The number of rotatable bonds is 3. The second-order valence-corrected chi connectivity index (χ2v) is 2.85. The molecular weight excluding hydrogens is 252 g/mol. The zero-order valence-corrected chi connectivity index (χ0v) is 9.31. The number of carboxylic acids is 1. The van der Waals surface area contributed by atoms with E-state index in [4.69, 9.17) is 9.84 Å². The highest BCUT2D eigenvalue weighted by Crippen LogP contribution is 2.26. The fraction of sp³-hybridized carbons (Fsp3) is 0.100. The first-order chi connectivity index (χ1) is 8.36. The first-order valence-corrected chi connectivity index (χ1v) is 4.57. The van der Waals surface area contributed by atoms with Crippen LogP contribution in [0.2, 0.25) is 0 Å². The zero-order chi connectivity index (χ0) is 14.1. The topological polar surface area (TPSA) is 66.8 Å². The number of ether oxygens (including phenoxy) is 1. The maximum atomic E-state index is 10.2. The van der Waals surface area contributed by atoms with E-state index in [0.717, 1.165) is 6.08 Å². The van der Waals surface area contributed by atoms with Gasteiger partial charge in [-0.2, -0.15) is 0 Å². The molecule has 0 aromatic heterocycles. The van der Waals surface area contributed by atoms with Crippen LogP contribution < -0.4 is 4.74 Å². The molecule has 2 N–H and O–H groups in total. The van der Waals surface area contributed by atoms with Crippen molar-refractivity contribution in [1.82, 2.24) is 0 Å². The van der Waals surface area contributed by atoms with Crippen LogP contribution in [-0.4, -0.2) is 30.8 Å². The molecule has 0 bridgehead atoms. The minimum Gasteiger partial charge on any atom is -0.504 e. The Kier molecular flexibility index (Phi) is 7.10. The number of halogens is 3. The summed E-state index contributed by atoms with van der Waals surface area (Å²) in [7, 11) is -2.24. The van der Waals surface area contributed by atoms with Crippen LogP contribution in [0.1, 0.15) is 5.56 Å². The van der Waals surface area contributed by atoms with Gasteiger partial charge in [-0.1, -0.05) is 6.07 Å². The van der Waals surface area contributed by atoms with Crippen molar-refractivity contribution in [3.63, 3.8) is 0 Å². The van der Waals surface area contributed by atoms with Crippen molar-refractivity contribution >= 4 is 19.6 Å². The van der Waals surface area contributed by atoms with Crippen LogP contribution in [0.5, 0.6) is 11.5 Å². The lowest BCUT2D eigenvalue weighted by Crippen LogP contribution is -1.87. The normalized spacial score (nSPS) is 9.56. The molecule has 0 spiro atoms. The Balaban J connectivity index is 0.000000631. The number of carboxylic acid groups (broad SMARTS) is 1. The smallest absolute Gasteiger partial charge is 0.504 e. The van der Waals surface area contributed by atoms with Crippen molar-refractivity contribution in [3.05, 3.63) is 29.8 Å². The molecule has 0 aliphatic heterocycles. The van der Waals surface area contributed by atoms with E-state index in [2.05, 4.69) is 0 Å². The SMILES string of the molecule is COc1cc(/C=C/C(=O)O)ccc1O.FB(F)F. The molecule has 8 heteroatoms. The van der Waals surface area contributed by atoms with Gasteiger partial charge in [-0.25, -0.2) is 4.79 Å². The fourth-order valence-electron chi connectivity index (χ4n) is 0.965. The molecule has 1 aromatic rings. The molecule has 0 saturated heterocycles. The van der Waals surface area contributed by atoms with Crippen molar-refractivity contribution in [1.29, 1.82) is 0 Å². The molecule has 0 aliphatic rings. The largest absolute Gasteiger partial charge is 0.762 e. The first kappa shape index (κ1) is 15.9. The Bertz CT molecular complexity index is 421. The summed E-state index contributed by atoms with van der Waals surface area (Å²) in [6.07, 6.45) is 2.44. The van der Waals surface area contributed by atoms with E-state index in [1.807, 2.05) is 0 Å². The number of hydrogen-bond donors (Lipinski definition) is 2. The summed E-state index contributed by atoms with van der Waals surface area (Å²) in [6, 6.07) is 4.59. The van der Waals surface area contributed by atoms with Gasteiger partial charge in [0, 0.05) is 6.08 Å². The molecule has 0 aliphatic carbocycles. The minimum absolute atomic E-state index is 0.0278. The van der Waals surface area contributed by atoms with Crippen LogP contribution in [0, 0.1) is 0 Å². The van der Waals surface area contributed by atoms with E-state index >= 15 is 0 Å². The number of hydrogen-bond acceptors (Lipinski definition) is 3. The third-order valence-corrected chi connectivity index (χ3v) is 1.62. The van der Waals surface area contributed by atoms with Crippen LogP contribution in [0.15, 0.2) is 24.3 Å². The number of aromatic hydroxyl groups is 1. The van der Waals surface area contributed by atoms with Gasteiger partial charge in [0.1, 0.15) is 0 Å². The summed E-state index contributed by atoms with van der Waals surface area (Å²) < 4.78 is 33.9. The second-order valence-electron chi connectivity index (χ2n) is 2.85. The van der Waals surface area contributed by atoms with Gasteiger partial charge in [0.25, 0.3) is 0 Å². The number of phenols is 1. The Morgan fingerprint density at radius 1 is 1.39 bits per heavy atom. The molecule has 0 unspecified atom stereocenters. The predicted molar refractivity (Wildman–Crippen MR) is 60.4 cm³/mol. The molecule has 98 valence electrons. The van der Waals surface area contributed by atoms with Gasteiger partial charge in [0.15, 0.2) is 11.5 Å². The van der Waals surface area contributed by atoms with Gasteiger partial charge in [-0.05, 0) is 23.8 Å². The van der Waals surface area contributed by atoms with Gasteiger partial charge in [-0.15, -0.1) is 0 Å². The van der Waals surface area contributed by atoms with Gasteiger partial charge in [0.2, 0.25) is 0 Å². The summed E-state index contributed by atoms with van der Waals surface area (Å²) >= 11 is 0. The Labute approximate surface area is 102 Å². The lowest BCUT2D eigenvalue weighted by molar-refractivity contribution is -0.131.